The van der Waals surface area contributed by atoms with E-state index in [0.717, 1.165) is 32.1 Å². The lowest BCUT2D eigenvalue weighted by molar-refractivity contribution is 0.364. The highest BCUT2D eigenvalue weighted by Crippen LogP contribution is 2.38. The second kappa shape index (κ2) is 9.98. The lowest BCUT2D eigenvalue weighted by Crippen LogP contribution is -2.14. The average Bonchev–Trinajstić information content (AvgIpc) is 2.75. The summed E-state index contributed by atoms with van der Waals surface area (Å²) in [5.41, 5.74) is 1.12. The molecule has 30 heavy (non-hydrogen) atoms. The largest absolute Gasteiger partial charge is 0.203 e. The van der Waals surface area contributed by atoms with Gasteiger partial charge in [-0.3, -0.25) is 0 Å². The maximum atomic E-state index is 14.5. The molecule has 0 atom stereocenters. The van der Waals surface area contributed by atoms with Gasteiger partial charge < -0.3 is 0 Å². The lowest BCUT2D eigenvalue weighted by Gasteiger charge is -2.27. The van der Waals surface area contributed by atoms with E-state index in [1.807, 2.05) is 13.0 Å². The molecule has 0 spiro atoms. The molecule has 2 aromatic rings. The van der Waals surface area contributed by atoms with E-state index in [1.165, 1.54) is 6.07 Å². The van der Waals surface area contributed by atoms with Gasteiger partial charge in [-0.05, 0) is 68.1 Å². The molecule has 0 aliphatic heterocycles. The molecule has 3 rings (SSSR count). The van der Waals surface area contributed by atoms with Crippen LogP contribution in [0.5, 0.6) is 0 Å². The van der Waals surface area contributed by atoms with Gasteiger partial charge >= 0.3 is 0 Å². The average molecular weight is 414 g/mol. The molecule has 1 saturated carbocycles. The molecule has 0 heterocycles. The summed E-state index contributed by atoms with van der Waals surface area (Å²) in [5, 5.41) is 0. The Morgan fingerprint density at radius 2 is 1.63 bits per heavy atom. The molecular weight excluding hydrogens is 388 g/mol. The van der Waals surface area contributed by atoms with Crippen LogP contribution in [0.3, 0.4) is 0 Å². The summed E-state index contributed by atoms with van der Waals surface area (Å²) >= 11 is 0. The molecule has 4 heteroatoms. The fraction of sp³-hybridized carbons (Fsp3) is 0.385. The number of allylic oxidation sites excluding steroid dienone is 1. The number of rotatable bonds is 5. The van der Waals surface area contributed by atoms with Crippen LogP contribution in [0.4, 0.5) is 17.6 Å². The molecular formula is C26H26F4. The van der Waals surface area contributed by atoms with Crippen LogP contribution in [0.15, 0.2) is 30.3 Å². The SMILES string of the molecule is CC#Cc1ccc(C2CCC(C=Cc3ccc(CCC)c(F)c3F)CC2)c(F)c1F. The van der Waals surface area contributed by atoms with Gasteiger partial charge in [0.2, 0.25) is 0 Å². The van der Waals surface area contributed by atoms with Gasteiger partial charge in [0.1, 0.15) is 0 Å². The number of halogens is 4. The quantitative estimate of drug-likeness (QED) is 0.350. The van der Waals surface area contributed by atoms with E-state index >= 15 is 0 Å². The van der Waals surface area contributed by atoms with Crippen molar-refractivity contribution in [2.45, 2.75) is 58.3 Å². The van der Waals surface area contributed by atoms with Crippen LogP contribution in [0, 0.1) is 41.0 Å². The Hall–Kier alpha value is -2.54. The highest BCUT2D eigenvalue weighted by Gasteiger charge is 2.25. The lowest BCUT2D eigenvalue weighted by atomic mass is 9.78. The highest BCUT2D eigenvalue weighted by atomic mass is 19.2. The van der Waals surface area contributed by atoms with Gasteiger partial charge in [-0.15, -0.1) is 5.92 Å². The number of benzene rings is 2. The van der Waals surface area contributed by atoms with Crippen molar-refractivity contribution in [3.63, 3.8) is 0 Å². The van der Waals surface area contributed by atoms with Gasteiger partial charge in [-0.1, -0.05) is 49.6 Å². The monoisotopic (exact) mass is 414 g/mol. The summed E-state index contributed by atoms with van der Waals surface area (Å²) in [6, 6.07) is 6.43. The minimum absolute atomic E-state index is 0.0460. The van der Waals surface area contributed by atoms with Crippen molar-refractivity contribution in [3.05, 3.63) is 75.9 Å². The Kier molecular flexibility index (Phi) is 7.37. The first kappa shape index (κ1) is 22.2. The number of aryl methyl sites for hydroxylation is 1. The second-order valence-electron chi connectivity index (χ2n) is 7.87. The van der Waals surface area contributed by atoms with E-state index in [0.29, 0.717) is 17.5 Å². The van der Waals surface area contributed by atoms with Gasteiger partial charge in [-0.25, -0.2) is 17.6 Å². The topological polar surface area (TPSA) is 0 Å². The van der Waals surface area contributed by atoms with Crippen LogP contribution < -0.4 is 0 Å². The van der Waals surface area contributed by atoms with Crippen LogP contribution in [0.25, 0.3) is 6.08 Å². The van der Waals surface area contributed by atoms with Gasteiger partial charge in [0.05, 0.1) is 5.56 Å². The van der Waals surface area contributed by atoms with E-state index in [2.05, 4.69) is 11.8 Å². The maximum Gasteiger partial charge on any atom is 0.174 e. The fourth-order valence-corrected chi connectivity index (χ4v) is 4.17. The molecule has 1 aliphatic rings. The zero-order chi connectivity index (χ0) is 21.7. The van der Waals surface area contributed by atoms with Crippen molar-refractivity contribution in [2.75, 3.05) is 0 Å². The van der Waals surface area contributed by atoms with E-state index in [-0.39, 0.29) is 23.0 Å². The molecule has 0 bridgehead atoms. The molecule has 0 saturated heterocycles. The third-order valence-corrected chi connectivity index (χ3v) is 5.84. The van der Waals surface area contributed by atoms with Gasteiger partial charge in [0.25, 0.3) is 0 Å². The van der Waals surface area contributed by atoms with Crippen LogP contribution in [-0.4, -0.2) is 0 Å². The second-order valence-corrected chi connectivity index (χ2v) is 7.87. The fourth-order valence-electron chi connectivity index (χ4n) is 4.17. The zero-order valence-corrected chi connectivity index (χ0v) is 17.4. The Morgan fingerprint density at radius 3 is 2.30 bits per heavy atom. The Morgan fingerprint density at radius 1 is 0.900 bits per heavy atom. The summed E-state index contributed by atoms with van der Waals surface area (Å²) in [4.78, 5) is 0. The van der Waals surface area contributed by atoms with Crippen LogP contribution in [0.1, 0.15) is 74.1 Å². The Balaban J connectivity index is 1.66. The highest BCUT2D eigenvalue weighted by molar-refractivity contribution is 5.51. The molecule has 0 aromatic heterocycles. The smallest absolute Gasteiger partial charge is 0.174 e. The molecule has 0 radical (unpaired) electrons. The number of hydrogen-bond acceptors (Lipinski definition) is 0. The third kappa shape index (κ3) is 4.78. The first-order chi connectivity index (χ1) is 14.5. The predicted octanol–water partition coefficient (Wildman–Crippen LogP) is 7.55. The Labute approximate surface area is 176 Å². The molecule has 0 unspecified atom stereocenters. The summed E-state index contributed by atoms with van der Waals surface area (Å²) in [6.07, 6.45) is 7.83. The van der Waals surface area contributed by atoms with Crippen molar-refractivity contribution < 1.29 is 17.6 Å². The molecule has 0 amide bonds. The standard InChI is InChI=1S/C26H26F4/c1-3-5-19-13-14-21(24(28)23(19)27)12-9-17-7-10-18(11-8-17)22-16-15-20(6-4-2)25(29)26(22)30/h9,12-18H,3,5,7-8,10-11H2,1-2H3. The van der Waals surface area contributed by atoms with Crippen molar-refractivity contribution in [2.24, 2.45) is 5.92 Å². The van der Waals surface area contributed by atoms with Crippen molar-refractivity contribution >= 4 is 6.08 Å². The first-order valence-corrected chi connectivity index (χ1v) is 10.5. The van der Waals surface area contributed by atoms with Crippen molar-refractivity contribution in [1.29, 1.82) is 0 Å². The Bertz CT molecular complexity index is 986. The summed E-state index contributed by atoms with van der Waals surface area (Å²) < 4.78 is 57.1. The first-order valence-electron chi connectivity index (χ1n) is 10.5. The summed E-state index contributed by atoms with van der Waals surface area (Å²) in [7, 11) is 0. The van der Waals surface area contributed by atoms with Crippen molar-refractivity contribution in [1.82, 2.24) is 0 Å². The summed E-state index contributed by atoms with van der Waals surface area (Å²) in [5.74, 6) is 2.06. The minimum Gasteiger partial charge on any atom is -0.203 e. The van der Waals surface area contributed by atoms with Crippen LogP contribution >= 0.6 is 0 Å². The van der Waals surface area contributed by atoms with Crippen molar-refractivity contribution in [3.8, 4) is 11.8 Å². The predicted molar refractivity (Wildman–Crippen MR) is 113 cm³/mol. The molecule has 0 N–H and O–H groups in total. The molecule has 1 aliphatic carbocycles. The van der Waals surface area contributed by atoms with E-state index < -0.39 is 23.3 Å². The van der Waals surface area contributed by atoms with E-state index in [1.54, 1.807) is 31.2 Å². The third-order valence-electron chi connectivity index (χ3n) is 5.84. The normalized spacial score (nSPS) is 19.0. The molecule has 2 aromatic carbocycles. The molecule has 158 valence electrons. The van der Waals surface area contributed by atoms with Gasteiger partial charge in [-0.2, -0.15) is 0 Å². The zero-order valence-electron chi connectivity index (χ0n) is 17.4. The van der Waals surface area contributed by atoms with Crippen LogP contribution in [0.2, 0.25) is 0 Å². The summed E-state index contributed by atoms with van der Waals surface area (Å²) in [6.45, 7) is 3.51. The number of hydrogen-bond donors (Lipinski definition) is 0. The van der Waals surface area contributed by atoms with Gasteiger partial charge in [0.15, 0.2) is 23.3 Å². The minimum atomic E-state index is -0.882. The van der Waals surface area contributed by atoms with E-state index in [9.17, 15) is 17.6 Å². The molecule has 0 nitrogen and oxygen atoms in total. The van der Waals surface area contributed by atoms with E-state index in [4.69, 9.17) is 0 Å². The van der Waals surface area contributed by atoms with Crippen LogP contribution in [-0.2, 0) is 6.42 Å². The van der Waals surface area contributed by atoms with Gasteiger partial charge in [0, 0.05) is 5.56 Å². The maximum absolute atomic E-state index is 14.5. The molecule has 1 fully saturated rings.